The minimum absolute atomic E-state index is 0.352. The average Bonchev–Trinajstić information content (AvgIpc) is 2.22. The SMILES string of the molecule is CN(CCOCCOCCCC(C)(C)C)CC(C)(C)C. The van der Waals surface area contributed by atoms with Gasteiger partial charge in [-0.1, -0.05) is 41.5 Å². The topological polar surface area (TPSA) is 21.7 Å². The van der Waals surface area contributed by atoms with Gasteiger partial charge in [0.2, 0.25) is 0 Å². The van der Waals surface area contributed by atoms with E-state index in [0.717, 1.165) is 32.7 Å². The zero-order chi connectivity index (χ0) is 15.6. The van der Waals surface area contributed by atoms with Crippen LogP contribution >= 0.6 is 0 Å². The van der Waals surface area contributed by atoms with Crippen LogP contribution in [0.5, 0.6) is 0 Å². The van der Waals surface area contributed by atoms with E-state index in [4.69, 9.17) is 9.47 Å². The highest BCUT2D eigenvalue weighted by Crippen LogP contribution is 2.20. The fourth-order valence-corrected chi connectivity index (χ4v) is 2.14. The number of rotatable bonds is 10. The Morgan fingerprint density at radius 2 is 1.30 bits per heavy atom. The summed E-state index contributed by atoms with van der Waals surface area (Å²) in [5.41, 5.74) is 0.766. The summed E-state index contributed by atoms with van der Waals surface area (Å²) in [6.45, 7) is 18.7. The minimum atomic E-state index is 0.352. The first-order chi connectivity index (χ1) is 9.10. The number of hydrogen-bond acceptors (Lipinski definition) is 3. The molecule has 122 valence electrons. The molecule has 0 aromatic heterocycles. The molecule has 20 heavy (non-hydrogen) atoms. The summed E-state index contributed by atoms with van der Waals surface area (Å²) in [6.07, 6.45) is 2.35. The summed E-state index contributed by atoms with van der Waals surface area (Å²) in [5, 5.41) is 0. The van der Waals surface area contributed by atoms with Gasteiger partial charge in [0.1, 0.15) is 0 Å². The maximum absolute atomic E-state index is 5.60. The van der Waals surface area contributed by atoms with Gasteiger partial charge in [-0.05, 0) is 30.7 Å². The summed E-state index contributed by atoms with van der Waals surface area (Å²) in [5.74, 6) is 0. The van der Waals surface area contributed by atoms with Crippen molar-refractivity contribution in [1.82, 2.24) is 4.90 Å². The second-order valence-corrected chi connectivity index (χ2v) is 8.19. The van der Waals surface area contributed by atoms with Crippen LogP contribution in [-0.4, -0.2) is 51.5 Å². The lowest BCUT2D eigenvalue weighted by atomic mass is 9.91. The number of hydrogen-bond donors (Lipinski definition) is 0. The molecule has 0 aliphatic heterocycles. The van der Waals surface area contributed by atoms with E-state index < -0.39 is 0 Å². The highest BCUT2D eigenvalue weighted by atomic mass is 16.5. The van der Waals surface area contributed by atoms with Gasteiger partial charge in [-0.15, -0.1) is 0 Å². The lowest BCUT2D eigenvalue weighted by Crippen LogP contribution is -2.32. The third-order valence-electron chi connectivity index (χ3n) is 2.95. The Bertz CT molecular complexity index is 228. The molecule has 0 heterocycles. The molecular weight excluding hydrogens is 250 g/mol. The van der Waals surface area contributed by atoms with Crippen LogP contribution in [-0.2, 0) is 9.47 Å². The number of likely N-dealkylation sites (N-methyl/N-ethyl adjacent to an activating group) is 1. The third-order valence-corrected chi connectivity index (χ3v) is 2.95. The van der Waals surface area contributed by atoms with Crippen LogP contribution in [0.15, 0.2) is 0 Å². The van der Waals surface area contributed by atoms with Gasteiger partial charge in [0, 0.05) is 19.7 Å². The smallest absolute Gasteiger partial charge is 0.0701 e. The second kappa shape index (κ2) is 9.75. The molecule has 0 aromatic carbocycles. The second-order valence-electron chi connectivity index (χ2n) is 8.19. The van der Waals surface area contributed by atoms with Gasteiger partial charge >= 0.3 is 0 Å². The predicted molar refractivity (Wildman–Crippen MR) is 87.3 cm³/mol. The Balaban J connectivity index is 3.29. The standard InChI is InChI=1S/C17H37NO2/c1-16(2,3)9-8-11-19-13-14-20-12-10-18(7)15-17(4,5)6/h8-15H2,1-7H3. The Labute approximate surface area is 127 Å². The molecule has 0 saturated carbocycles. The predicted octanol–water partition coefficient (Wildman–Crippen LogP) is 3.82. The Hall–Kier alpha value is -0.120. The molecule has 0 radical (unpaired) electrons. The van der Waals surface area contributed by atoms with Crippen LogP contribution in [0, 0.1) is 10.8 Å². The highest BCUT2D eigenvalue weighted by molar-refractivity contribution is 4.66. The third kappa shape index (κ3) is 15.9. The molecule has 0 amide bonds. The normalized spacial score (nSPS) is 13.2. The Morgan fingerprint density at radius 1 is 0.750 bits per heavy atom. The van der Waals surface area contributed by atoms with Crippen LogP contribution in [0.25, 0.3) is 0 Å². The van der Waals surface area contributed by atoms with Crippen molar-refractivity contribution in [2.45, 2.75) is 54.4 Å². The van der Waals surface area contributed by atoms with E-state index in [9.17, 15) is 0 Å². The molecule has 0 atom stereocenters. The largest absolute Gasteiger partial charge is 0.379 e. The zero-order valence-corrected chi connectivity index (χ0v) is 14.9. The monoisotopic (exact) mass is 287 g/mol. The van der Waals surface area contributed by atoms with E-state index in [1.54, 1.807) is 0 Å². The van der Waals surface area contributed by atoms with Crippen molar-refractivity contribution < 1.29 is 9.47 Å². The lowest BCUT2D eigenvalue weighted by molar-refractivity contribution is 0.0355. The first kappa shape index (κ1) is 19.9. The molecule has 3 nitrogen and oxygen atoms in total. The van der Waals surface area contributed by atoms with Gasteiger partial charge < -0.3 is 14.4 Å². The van der Waals surface area contributed by atoms with Crippen molar-refractivity contribution >= 4 is 0 Å². The summed E-state index contributed by atoms with van der Waals surface area (Å²) < 4.78 is 11.2. The van der Waals surface area contributed by atoms with E-state index in [-0.39, 0.29) is 0 Å². The Kier molecular flexibility index (Phi) is 9.69. The molecule has 3 heteroatoms. The van der Waals surface area contributed by atoms with Crippen molar-refractivity contribution in [3.8, 4) is 0 Å². The van der Waals surface area contributed by atoms with Gasteiger partial charge in [0.15, 0.2) is 0 Å². The van der Waals surface area contributed by atoms with Crippen LogP contribution in [0.1, 0.15) is 54.4 Å². The highest BCUT2D eigenvalue weighted by Gasteiger charge is 2.12. The molecule has 0 N–H and O–H groups in total. The van der Waals surface area contributed by atoms with Crippen molar-refractivity contribution in [3.05, 3.63) is 0 Å². The number of ether oxygens (including phenoxy) is 2. The van der Waals surface area contributed by atoms with E-state index in [1.807, 2.05) is 0 Å². The van der Waals surface area contributed by atoms with E-state index in [0.29, 0.717) is 24.0 Å². The Morgan fingerprint density at radius 3 is 1.80 bits per heavy atom. The first-order valence-electron chi connectivity index (χ1n) is 7.94. The van der Waals surface area contributed by atoms with Crippen molar-refractivity contribution in [3.63, 3.8) is 0 Å². The van der Waals surface area contributed by atoms with Crippen LogP contribution in [0.2, 0.25) is 0 Å². The molecule has 0 aliphatic carbocycles. The quantitative estimate of drug-likeness (QED) is 0.570. The van der Waals surface area contributed by atoms with Gasteiger partial charge in [-0.25, -0.2) is 0 Å². The van der Waals surface area contributed by atoms with E-state index in [1.165, 1.54) is 6.42 Å². The fourth-order valence-electron chi connectivity index (χ4n) is 2.14. The van der Waals surface area contributed by atoms with Crippen LogP contribution < -0.4 is 0 Å². The molecule has 0 rings (SSSR count). The molecular formula is C17H37NO2. The minimum Gasteiger partial charge on any atom is -0.379 e. The molecule has 0 bridgehead atoms. The molecule has 0 fully saturated rings. The van der Waals surface area contributed by atoms with Gasteiger partial charge in [0.25, 0.3) is 0 Å². The summed E-state index contributed by atoms with van der Waals surface area (Å²) in [6, 6.07) is 0. The molecule has 0 spiro atoms. The summed E-state index contributed by atoms with van der Waals surface area (Å²) >= 11 is 0. The zero-order valence-electron chi connectivity index (χ0n) is 14.9. The fraction of sp³-hybridized carbons (Fsp3) is 1.00. The van der Waals surface area contributed by atoms with Gasteiger partial charge in [-0.2, -0.15) is 0 Å². The van der Waals surface area contributed by atoms with E-state index >= 15 is 0 Å². The number of nitrogens with zero attached hydrogens (tertiary/aromatic N) is 1. The van der Waals surface area contributed by atoms with E-state index in [2.05, 4.69) is 53.5 Å². The van der Waals surface area contributed by atoms with Crippen molar-refractivity contribution in [1.29, 1.82) is 0 Å². The van der Waals surface area contributed by atoms with Gasteiger partial charge in [0.05, 0.1) is 19.8 Å². The lowest BCUT2D eigenvalue weighted by Gasteiger charge is -2.26. The molecule has 0 saturated heterocycles. The van der Waals surface area contributed by atoms with Crippen molar-refractivity contribution in [2.24, 2.45) is 10.8 Å². The maximum Gasteiger partial charge on any atom is 0.0701 e. The van der Waals surface area contributed by atoms with Gasteiger partial charge in [-0.3, -0.25) is 0 Å². The van der Waals surface area contributed by atoms with Crippen molar-refractivity contribution in [2.75, 3.05) is 46.6 Å². The summed E-state index contributed by atoms with van der Waals surface area (Å²) in [7, 11) is 2.15. The molecule has 0 unspecified atom stereocenters. The molecule has 0 aliphatic rings. The van der Waals surface area contributed by atoms with Crippen LogP contribution in [0.4, 0.5) is 0 Å². The summed E-state index contributed by atoms with van der Waals surface area (Å²) in [4.78, 5) is 2.32. The average molecular weight is 287 g/mol. The molecule has 0 aromatic rings. The first-order valence-corrected chi connectivity index (χ1v) is 7.94. The van der Waals surface area contributed by atoms with Crippen LogP contribution in [0.3, 0.4) is 0 Å². The maximum atomic E-state index is 5.60.